The molecule has 0 fully saturated rings. The first-order valence-corrected chi connectivity index (χ1v) is 4.43. The van der Waals surface area contributed by atoms with Gasteiger partial charge < -0.3 is 5.32 Å². The number of carbonyl (C=O) groups is 1. The first-order chi connectivity index (χ1) is 5.43. The average Bonchev–Trinajstić information content (AvgIpc) is 1.84. The summed E-state index contributed by atoms with van der Waals surface area (Å²) in [5.41, 5.74) is 0. The molecule has 0 aromatic rings. The Hall–Kier alpha value is -0.570. The fourth-order valence-corrected chi connectivity index (χ4v) is 0.777. The Bertz CT molecular complexity index is 143. The predicted molar refractivity (Wildman–Crippen MR) is 51.0 cm³/mol. The van der Waals surface area contributed by atoms with Crippen LogP contribution < -0.4 is 5.32 Å². The molecule has 0 spiro atoms. The molecule has 1 N–H and O–H groups in total. The minimum absolute atomic E-state index is 0.0983. The Balaban J connectivity index is 3.69. The summed E-state index contributed by atoms with van der Waals surface area (Å²) in [7, 11) is 1.95. The van der Waals surface area contributed by atoms with Gasteiger partial charge in [0.05, 0.1) is 6.54 Å². The molecule has 0 radical (unpaired) electrons. The Morgan fingerprint density at radius 1 is 1.33 bits per heavy atom. The SMILES string of the molecule is CC(C)NC(=O)CN(C)C(C)C. The van der Waals surface area contributed by atoms with Crippen molar-refractivity contribution < 1.29 is 4.79 Å². The molecule has 0 aromatic heterocycles. The standard InChI is InChI=1S/C9H20N2O/c1-7(2)10-9(12)6-11(5)8(3)4/h7-8H,6H2,1-5H3,(H,10,12). The number of hydrogen-bond acceptors (Lipinski definition) is 2. The van der Waals surface area contributed by atoms with Gasteiger partial charge in [0.15, 0.2) is 0 Å². The number of amides is 1. The van der Waals surface area contributed by atoms with Gasteiger partial charge >= 0.3 is 0 Å². The quantitative estimate of drug-likeness (QED) is 0.682. The monoisotopic (exact) mass is 172 g/mol. The average molecular weight is 172 g/mol. The van der Waals surface area contributed by atoms with Crippen molar-refractivity contribution in [2.75, 3.05) is 13.6 Å². The van der Waals surface area contributed by atoms with Crippen LogP contribution in [0.15, 0.2) is 0 Å². The van der Waals surface area contributed by atoms with Crippen LogP contribution in [0, 0.1) is 0 Å². The third kappa shape index (κ3) is 5.13. The van der Waals surface area contributed by atoms with E-state index in [1.54, 1.807) is 0 Å². The second kappa shape index (κ2) is 5.14. The summed E-state index contributed by atoms with van der Waals surface area (Å²) in [5.74, 6) is 0.0983. The minimum atomic E-state index is 0.0983. The molecule has 0 aliphatic carbocycles. The maximum Gasteiger partial charge on any atom is 0.234 e. The molecule has 1 amide bonds. The van der Waals surface area contributed by atoms with E-state index >= 15 is 0 Å². The third-order valence-corrected chi connectivity index (χ3v) is 1.72. The molecule has 0 saturated carbocycles. The van der Waals surface area contributed by atoms with E-state index in [9.17, 15) is 4.79 Å². The Labute approximate surface area is 75.1 Å². The van der Waals surface area contributed by atoms with E-state index in [0.717, 1.165) is 0 Å². The van der Waals surface area contributed by atoms with Crippen molar-refractivity contribution in [1.82, 2.24) is 10.2 Å². The zero-order valence-electron chi connectivity index (χ0n) is 8.72. The van der Waals surface area contributed by atoms with Gasteiger partial charge in [-0.25, -0.2) is 0 Å². The molecule has 0 bridgehead atoms. The molecule has 12 heavy (non-hydrogen) atoms. The van der Waals surface area contributed by atoms with E-state index < -0.39 is 0 Å². The highest BCUT2D eigenvalue weighted by Gasteiger charge is 2.09. The van der Waals surface area contributed by atoms with Crippen LogP contribution in [0.1, 0.15) is 27.7 Å². The number of likely N-dealkylation sites (N-methyl/N-ethyl adjacent to an activating group) is 1. The lowest BCUT2D eigenvalue weighted by Crippen LogP contribution is -2.40. The fourth-order valence-electron chi connectivity index (χ4n) is 0.777. The van der Waals surface area contributed by atoms with Crippen molar-refractivity contribution in [3.8, 4) is 0 Å². The number of nitrogens with zero attached hydrogens (tertiary/aromatic N) is 1. The Kier molecular flexibility index (Phi) is 4.90. The molecule has 0 rings (SSSR count). The van der Waals surface area contributed by atoms with Crippen molar-refractivity contribution in [2.45, 2.75) is 39.8 Å². The molecule has 72 valence electrons. The van der Waals surface area contributed by atoms with E-state index in [1.165, 1.54) is 0 Å². The summed E-state index contributed by atoms with van der Waals surface area (Å²) in [4.78, 5) is 13.2. The molecular weight excluding hydrogens is 152 g/mol. The van der Waals surface area contributed by atoms with Gasteiger partial charge in [-0.15, -0.1) is 0 Å². The molecule has 0 aliphatic rings. The number of hydrogen-bond donors (Lipinski definition) is 1. The van der Waals surface area contributed by atoms with Gasteiger partial charge in [0.25, 0.3) is 0 Å². The highest BCUT2D eigenvalue weighted by atomic mass is 16.2. The van der Waals surface area contributed by atoms with Crippen molar-refractivity contribution in [3.63, 3.8) is 0 Å². The summed E-state index contributed by atoms with van der Waals surface area (Å²) < 4.78 is 0. The van der Waals surface area contributed by atoms with Crippen molar-refractivity contribution in [3.05, 3.63) is 0 Å². The maximum absolute atomic E-state index is 11.2. The molecule has 0 heterocycles. The maximum atomic E-state index is 11.2. The molecule has 3 nitrogen and oxygen atoms in total. The molecule has 0 aromatic carbocycles. The summed E-state index contributed by atoms with van der Waals surface area (Å²) in [5, 5.41) is 2.85. The second-order valence-corrected chi connectivity index (χ2v) is 3.73. The Morgan fingerprint density at radius 3 is 2.17 bits per heavy atom. The van der Waals surface area contributed by atoms with E-state index in [1.807, 2.05) is 25.8 Å². The van der Waals surface area contributed by atoms with Crippen LogP contribution in [0.2, 0.25) is 0 Å². The minimum Gasteiger partial charge on any atom is -0.353 e. The fraction of sp³-hybridized carbons (Fsp3) is 0.889. The summed E-state index contributed by atoms with van der Waals surface area (Å²) in [6, 6.07) is 0.654. The van der Waals surface area contributed by atoms with E-state index in [2.05, 4.69) is 19.2 Å². The van der Waals surface area contributed by atoms with E-state index in [4.69, 9.17) is 0 Å². The number of rotatable bonds is 4. The normalized spacial score (nSPS) is 11.3. The zero-order chi connectivity index (χ0) is 9.72. The molecule has 0 aliphatic heterocycles. The van der Waals surface area contributed by atoms with Crippen molar-refractivity contribution >= 4 is 5.91 Å². The van der Waals surface area contributed by atoms with Crippen LogP contribution in [-0.2, 0) is 4.79 Å². The third-order valence-electron chi connectivity index (χ3n) is 1.72. The lowest BCUT2D eigenvalue weighted by Gasteiger charge is -2.20. The molecule has 3 heteroatoms. The lowest BCUT2D eigenvalue weighted by atomic mass is 10.3. The molecule has 0 atom stereocenters. The number of nitrogens with one attached hydrogen (secondary N) is 1. The van der Waals surface area contributed by atoms with Crippen LogP contribution in [0.5, 0.6) is 0 Å². The van der Waals surface area contributed by atoms with Crippen LogP contribution in [0.25, 0.3) is 0 Å². The van der Waals surface area contributed by atoms with Gasteiger partial charge in [-0.2, -0.15) is 0 Å². The zero-order valence-corrected chi connectivity index (χ0v) is 8.72. The van der Waals surface area contributed by atoms with Crippen LogP contribution in [-0.4, -0.2) is 36.5 Å². The van der Waals surface area contributed by atoms with Gasteiger partial charge in [-0.3, -0.25) is 9.69 Å². The van der Waals surface area contributed by atoms with Gasteiger partial charge in [0, 0.05) is 12.1 Å². The molecular formula is C9H20N2O. The van der Waals surface area contributed by atoms with E-state index in [0.29, 0.717) is 12.6 Å². The number of carbonyl (C=O) groups excluding carboxylic acids is 1. The first-order valence-electron chi connectivity index (χ1n) is 4.43. The smallest absolute Gasteiger partial charge is 0.234 e. The van der Waals surface area contributed by atoms with Gasteiger partial charge in [0.2, 0.25) is 5.91 Å². The lowest BCUT2D eigenvalue weighted by molar-refractivity contribution is -0.122. The molecule has 0 saturated heterocycles. The largest absolute Gasteiger partial charge is 0.353 e. The second-order valence-electron chi connectivity index (χ2n) is 3.73. The predicted octanol–water partition coefficient (Wildman–Crippen LogP) is 0.851. The molecule has 0 unspecified atom stereocenters. The summed E-state index contributed by atoms with van der Waals surface area (Å²) in [6.45, 7) is 8.56. The topological polar surface area (TPSA) is 32.3 Å². The van der Waals surface area contributed by atoms with Gasteiger partial charge in [0.1, 0.15) is 0 Å². The van der Waals surface area contributed by atoms with Crippen molar-refractivity contribution in [1.29, 1.82) is 0 Å². The first kappa shape index (κ1) is 11.4. The van der Waals surface area contributed by atoms with Gasteiger partial charge in [-0.05, 0) is 34.7 Å². The van der Waals surface area contributed by atoms with E-state index in [-0.39, 0.29) is 11.9 Å². The van der Waals surface area contributed by atoms with Crippen LogP contribution in [0.3, 0.4) is 0 Å². The van der Waals surface area contributed by atoms with Crippen molar-refractivity contribution in [2.24, 2.45) is 0 Å². The van der Waals surface area contributed by atoms with Crippen LogP contribution in [0.4, 0.5) is 0 Å². The Morgan fingerprint density at radius 2 is 1.83 bits per heavy atom. The van der Waals surface area contributed by atoms with Crippen LogP contribution >= 0.6 is 0 Å². The summed E-state index contributed by atoms with van der Waals surface area (Å²) in [6.07, 6.45) is 0. The highest BCUT2D eigenvalue weighted by Crippen LogP contribution is 1.92. The summed E-state index contributed by atoms with van der Waals surface area (Å²) >= 11 is 0. The highest BCUT2D eigenvalue weighted by molar-refractivity contribution is 5.78. The van der Waals surface area contributed by atoms with Gasteiger partial charge in [-0.1, -0.05) is 0 Å².